The first-order valence-corrected chi connectivity index (χ1v) is 5.72. The van der Waals surface area contributed by atoms with E-state index in [1.54, 1.807) is 0 Å². The molecule has 0 aromatic heterocycles. The second-order valence-corrected chi connectivity index (χ2v) is 4.05. The van der Waals surface area contributed by atoms with Gasteiger partial charge in [-0.1, -0.05) is 18.2 Å². The van der Waals surface area contributed by atoms with Crippen molar-refractivity contribution in [1.29, 1.82) is 0 Å². The van der Waals surface area contributed by atoms with Crippen molar-refractivity contribution in [2.45, 2.75) is 32.8 Å². The van der Waals surface area contributed by atoms with E-state index in [1.165, 1.54) is 5.56 Å². The first-order chi connectivity index (χ1) is 6.74. The number of ether oxygens (including phenoxy) is 1. The maximum absolute atomic E-state index is 5.72. The lowest BCUT2D eigenvalue weighted by molar-refractivity contribution is 0.240. The normalized spacial score (nSPS) is 10.6. The van der Waals surface area contributed by atoms with Gasteiger partial charge in [-0.3, -0.25) is 0 Å². The Labute approximate surface area is 91.9 Å². The van der Waals surface area contributed by atoms with Gasteiger partial charge in [-0.2, -0.15) is 12.6 Å². The van der Waals surface area contributed by atoms with Gasteiger partial charge in [0.1, 0.15) is 5.75 Å². The summed E-state index contributed by atoms with van der Waals surface area (Å²) >= 11 is 4.21. The van der Waals surface area contributed by atoms with Crippen molar-refractivity contribution in [3.05, 3.63) is 29.8 Å². The van der Waals surface area contributed by atoms with Gasteiger partial charge in [0.25, 0.3) is 0 Å². The summed E-state index contributed by atoms with van der Waals surface area (Å²) in [6.07, 6.45) is 2.39. The van der Waals surface area contributed by atoms with Gasteiger partial charge < -0.3 is 4.74 Å². The molecule has 0 aliphatic heterocycles. The topological polar surface area (TPSA) is 9.23 Å². The van der Waals surface area contributed by atoms with E-state index in [4.69, 9.17) is 4.74 Å². The molecule has 0 atom stereocenters. The third kappa shape index (κ3) is 3.62. The highest BCUT2D eigenvalue weighted by Gasteiger charge is 2.03. The molecule has 0 bridgehead atoms. The van der Waals surface area contributed by atoms with Gasteiger partial charge in [0.2, 0.25) is 0 Å². The number of thiol groups is 1. The number of hydrogen-bond acceptors (Lipinski definition) is 2. The van der Waals surface area contributed by atoms with E-state index < -0.39 is 0 Å². The van der Waals surface area contributed by atoms with Crippen LogP contribution in [0, 0.1) is 0 Å². The van der Waals surface area contributed by atoms with Crippen molar-refractivity contribution in [3.63, 3.8) is 0 Å². The number of hydrogen-bond donors (Lipinski definition) is 1. The Morgan fingerprint density at radius 3 is 2.64 bits per heavy atom. The molecule has 78 valence electrons. The molecule has 2 heteroatoms. The molecule has 0 amide bonds. The van der Waals surface area contributed by atoms with E-state index >= 15 is 0 Å². The number of benzene rings is 1. The number of para-hydroxylation sites is 1. The summed E-state index contributed by atoms with van der Waals surface area (Å²) < 4.78 is 5.72. The average molecular weight is 210 g/mol. The maximum atomic E-state index is 5.72. The van der Waals surface area contributed by atoms with Gasteiger partial charge >= 0.3 is 0 Å². The second kappa shape index (κ2) is 5.97. The van der Waals surface area contributed by atoms with Crippen LogP contribution in [0.25, 0.3) is 0 Å². The van der Waals surface area contributed by atoms with Crippen LogP contribution in [0.1, 0.15) is 25.8 Å². The third-order valence-corrected chi connectivity index (χ3v) is 2.26. The Kier molecular flexibility index (Phi) is 4.88. The van der Waals surface area contributed by atoms with Crippen LogP contribution in [-0.2, 0) is 6.42 Å². The fourth-order valence-corrected chi connectivity index (χ4v) is 1.51. The number of aryl methyl sites for hydroxylation is 1. The Balaban J connectivity index is 2.69. The average Bonchev–Trinajstić information content (AvgIpc) is 2.16. The molecule has 0 aliphatic rings. The molecule has 1 aromatic carbocycles. The molecular weight excluding hydrogens is 192 g/mol. The summed E-state index contributed by atoms with van der Waals surface area (Å²) in [4.78, 5) is 0. The Bertz CT molecular complexity index is 271. The maximum Gasteiger partial charge on any atom is 0.122 e. The highest BCUT2D eigenvalue weighted by Crippen LogP contribution is 2.20. The molecule has 0 heterocycles. The van der Waals surface area contributed by atoms with E-state index in [0.717, 1.165) is 24.3 Å². The largest absolute Gasteiger partial charge is 0.491 e. The summed E-state index contributed by atoms with van der Waals surface area (Å²) in [6, 6.07) is 8.23. The van der Waals surface area contributed by atoms with E-state index in [0.29, 0.717) is 0 Å². The molecule has 1 aromatic rings. The van der Waals surface area contributed by atoms with Crippen molar-refractivity contribution in [2.24, 2.45) is 0 Å². The molecule has 0 fully saturated rings. The molecule has 0 N–H and O–H groups in total. The van der Waals surface area contributed by atoms with Crippen molar-refractivity contribution in [1.82, 2.24) is 0 Å². The van der Waals surface area contributed by atoms with Crippen molar-refractivity contribution in [2.75, 3.05) is 5.75 Å². The lowest BCUT2D eigenvalue weighted by Gasteiger charge is -2.13. The summed E-state index contributed by atoms with van der Waals surface area (Å²) in [7, 11) is 0. The minimum absolute atomic E-state index is 0.243. The second-order valence-electron chi connectivity index (χ2n) is 3.60. The molecule has 0 saturated carbocycles. The van der Waals surface area contributed by atoms with Crippen LogP contribution in [0.4, 0.5) is 0 Å². The molecular formula is C12H18OS. The predicted octanol–water partition coefficient (Wildman–Crippen LogP) is 3.34. The predicted molar refractivity (Wildman–Crippen MR) is 64.4 cm³/mol. The zero-order valence-electron chi connectivity index (χ0n) is 8.86. The molecule has 1 rings (SSSR count). The van der Waals surface area contributed by atoms with Gasteiger partial charge in [0.05, 0.1) is 6.10 Å². The Morgan fingerprint density at radius 2 is 2.00 bits per heavy atom. The summed E-state index contributed by atoms with van der Waals surface area (Å²) in [5, 5.41) is 0. The SMILES string of the molecule is CC(C)Oc1ccccc1CCCS. The first kappa shape index (κ1) is 11.4. The van der Waals surface area contributed by atoms with Crippen LogP contribution in [0.2, 0.25) is 0 Å². The lowest BCUT2D eigenvalue weighted by atomic mass is 10.1. The van der Waals surface area contributed by atoms with E-state index in [9.17, 15) is 0 Å². The van der Waals surface area contributed by atoms with Crippen LogP contribution in [0.5, 0.6) is 5.75 Å². The molecule has 1 nitrogen and oxygen atoms in total. The van der Waals surface area contributed by atoms with Gasteiger partial charge in [-0.25, -0.2) is 0 Å². The van der Waals surface area contributed by atoms with Crippen LogP contribution in [0.15, 0.2) is 24.3 Å². The molecule has 0 spiro atoms. The van der Waals surface area contributed by atoms with Crippen molar-refractivity contribution >= 4 is 12.6 Å². The van der Waals surface area contributed by atoms with Crippen molar-refractivity contribution in [3.8, 4) is 5.75 Å². The van der Waals surface area contributed by atoms with Gasteiger partial charge in [0, 0.05) is 0 Å². The number of rotatable bonds is 5. The van der Waals surface area contributed by atoms with E-state index in [1.807, 2.05) is 12.1 Å². The van der Waals surface area contributed by atoms with E-state index in [-0.39, 0.29) is 6.10 Å². The first-order valence-electron chi connectivity index (χ1n) is 5.09. The zero-order valence-corrected chi connectivity index (χ0v) is 9.76. The van der Waals surface area contributed by atoms with Gasteiger partial charge in [-0.05, 0) is 44.1 Å². The minimum atomic E-state index is 0.243. The third-order valence-electron chi connectivity index (χ3n) is 1.94. The van der Waals surface area contributed by atoms with Crippen LogP contribution < -0.4 is 4.74 Å². The van der Waals surface area contributed by atoms with E-state index in [2.05, 4.69) is 38.6 Å². The smallest absolute Gasteiger partial charge is 0.122 e. The van der Waals surface area contributed by atoms with Gasteiger partial charge in [0.15, 0.2) is 0 Å². The lowest BCUT2D eigenvalue weighted by Crippen LogP contribution is -2.07. The summed E-state index contributed by atoms with van der Waals surface area (Å²) in [5.74, 6) is 1.94. The molecule has 0 unspecified atom stereocenters. The quantitative estimate of drug-likeness (QED) is 0.733. The Hall–Kier alpha value is -0.630. The Morgan fingerprint density at radius 1 is 1.29 bits per heavy atom. The highest BCUT2D eigenvalue weighted by atomic mass is 32.1. The molecule has 0 aliphatic carbocycles. The molecule has 0 radical (unpaired) electrons. The fourth-order valence-electron chi connectivity index (χ4n) is 1.35. The summed E-state index contributed by atoms with van der Waals surface area (Å²) in [5.41, 5.74) is 1.29. The van der Waals surface area contributed by atoms with Gasteiger partial charge in [-0.15, -0.1) is 0 Å². The highest BCUT2D eigenvalue weighted by molar-refractivity contribution is 7.80. The van der Waals surface area contributed by atoms with Crippen LogP contribution in [0.3, 0.4) is 0 Å². The molecule has 0 saturated heterocycles. The van der Waals surface area contributed by atoms with Crippen LogP contribution >= 0.6 is 12.6 Å². The molecule has 14 heavy (non-hydrogen) atoms. The fraction of sp³-hybridized carbons (Fsp3) is 0.500. The minimum Gasteiger partial charge on any atom is -0.491 e. The standard InChI is InChI=1S/C12H18OS/c1-10(2)13-12-8-4-3-6-11(12)7-5-9-14/h3-4,6,8,10,14H,5,7,9H2,1-2H3. The van der Waals surface area contributed by atoms with Crippen molar-refractivity contribution < 1.29 is 4.74 Å². The monoisotopic (exact) mass is 210 g/mol. The summed E-state index contributed by atoms with van der Waals surface area (Å²) in [6.45, 7) is 4.10. The van der Waals surface area contributed by atoms with Crippen LogP contribution in [-0.4, -0.2) is 11.9 Å². The zero-order chi connectivity index (χ0) is 10.4.